The third-order valence-electron chi connectivity index (χ3n) is 9.46. The molecule has 1 saturated heterocycles. The molecule has 0 aromatic carbocycles. The molecular weight excluding hydrogens is 324 g/mol. The van der Waals surface area contributed by atoms with Gasteiger partial charge in [-0.25, -0.2) is 0 Å². The molecule has 0 bridgehead atoms. The van der Waals surface area contributed by atoms with Gasteiger partial charge in [0.05, 0.1) is 13.2 Å². The molecule has 0 spiro atoms. The normalized spacial score (nSPS) is 50.0. The summed E-state index contributed by atoms with van der Waals surface area (Å²) in [6.07, 6.45) is 11.5. The molecule has 3 saturated carbocycles. The molecule has 26 heavy (non-hydrogen) atoms. The van der Waals surface area contributed by atoms with E-state index < -0.39 is 0 Å². The summed E-state index contributed by atoms with van der Waals surface area (Å²) in [5.41, 5.74) is 2.10. The average Bonchev–Trinajstić information content (AvgIpc) is 3.19. The molecule has 3 nitrogen and oxygen atoms in total. The molecule has 5 rings (SSSR count). The summed E-state index contributed by atoms with van der Waals surface area (Å²) in [5.74, 6) is 2.91. The van der Waals surface area contributed by atoms with Gasteiger partial charge in [-0.15, -0.1) is 0 Å². The van der Waals surface area contributed by atoms with Crippen LogP contribution in [0.4, 0.5) is 0 Å². The van der Waals surface area contributed by atoms with Crippen LogP contribution in [0.5, 0.6) is 0 Å². The molecule has 0 N–H and O–H groups in total. The van der Waals surface area contributed by atoms with Crippen molar-refractivity contribution in [2.45, 2.75) is 77.9 Å². The standard InChI is InChI=1S/C23H34O3/c1-21-10-8-16(24)14-15(21)4-5-17-18-6-7-20(23(3)25-12-13-26-23)22(18,2)11-9-19(17)21/h14,17-20H,4-13H2,1-3H3/t17?,18?,19?,20?,21-,22-/m0/s1. The van der Waals surface area contributed by atoms with Gasteiger partial charge in [-0.2, -0.15) is 0 Å². The van der Waals surface area contributed by atoms with E-state index in [9.17, 15) is 4.79 Å². The minimum Gasteiger partial charge on any atom is -0.348 e. The van der Waals surface area contributed by atoms with Gasteiger partial charge in [-0.05, 0) is 86.5 Å². The van der Waals surface area contributed by atoms with Gasteiger partial charge in [0.2, 0.25) is 0 Å². The lowest BCUT2D eigenvalue weighted by Crippen LogP contribution is -2.53. The van der Waals surface area contributed by atoms with Gasteiger partial charge in [0.15, 0.2) is 11.6 Å². The highest BCUT2D eigenvalue weighted by molar-refractivity contribution is 5.91. The van der Waals surface area contributed by atoms with E-state index in [1.807, 2.05) is 6.08 Å². The number of ketones is 1. The molecule has 144 valence electrons. The Kier molecular flexibility index (Phi) is 3.80. The Bertz CT molecular complexity index is 646. The number of rotatable bonds is 1. The fourth-order valence-electron chi connectivity index (χ4n) is 8.15. The minimum absolute atomic E-state index is 0.278. The van der Waals surface area contributed by atoms with Gasteiger partial charge in [0.25, 0.3) is 0 Å². The van der Waals surface area contributed by atoms with Crippen LogP contribution in [-0.2, 0) is 14.3 Å². The largest absolute Gasteiger partial charge is 0.348 e. The van der Waals surface area contributed by atoms with Gasteiger partial charge < -0.3 is 9.47 Å². The van der Waals surface area contributed by atoms with Crippen LogP contribution in [0.1, 0.15) is 72.1 Å². The summed E-state index contributed by atoms with van der Waals surface area (Å²) >= 11 is 0. The van der Waals surface area contributed by atoms with Crippen molar-refractivity contribution in [2.75, 3.05) is 13.2 Å². The minimum atomic E-state index is -0.364. The molecule has 0 radical (unpaired) electrons. The topological polar surface area (TPSA) is 35.5 Å². The number of carbonyl (C=O) groups is 1. The molecule has 0 aromatic heterocycles. The number of carbonyl (C=O) groups excluding carboxylic acids is 1. The zero-order chi connectivity index (χ0) is 18.2. The summed E-state index contributed by atoms with van der Waals surface area (Å²) < 4.78 is 12.2. The maximum Gasteiger partial charge on any atom is 0.169 e. The van der Waals surface area contributed by atoms with E-state index >= 15 is 0 Å². The fraction of sp³-hybridized carbons (Fsp3) is 0.870. The molecule has 1 heterocycles. The Labute approximate surface area is 157 Å². The third-order valence-corrected chi connectivity index (χ3v) is 9.46. The lowest BCUT2D eigenvalue weighted by molar-refractivity contribution is -0.214. The van der Waals surface area contributed by atoms with E-state index in [4.69, 9.17) is 9.47 Å². The maximum absolute atomic E-state index is 12.0. The van der Waals surface area contributed by atoms with Crippen LogP contribution >= 0.6 is 0 Å². The molecular formula is C23H34O3. The highest BCUT2D eigenvalue weighted by Gasteiger charge is 2.63. The van der Waals surface area contributed by atoms with E-state index in [0.29, 0.717) is 17.1 Å². The first-order chi connectivity index (χ1) is 12.4. The molecule has 0 aromatic rings. The van der Waals surface area contributed by atoms with Crippen LogP contribution in [0.3, 0.4) is 0 Å². The quantitative estimate of drug-likeness (QED) is 0.669. The highest BCUT2D eigenvalue weighted by atomic mass is 16.7. The van der Waals surface area contributed by atoms with Crippen LogP contribution in [0, 0.1) is 34.5 Å². The van der Waals surface area contributed by atoms with Crippen molar-refractivity contribution in [1.29, 1.82) is 0 Å². The molecule has 3 heteroatoms. The number of hydrogen-bond donors (Lipinski definition) is 0. The molecule has 4 aliphatic carbocycles. The van der Waals surface area contributed by atoms with Crippen LogP contribution < -0.4 is 0 Å². The predicted molar refractivity (Wildman–Crippen MR) is 101 cm³/mol. The first-order valence-corrected chi connectivity index (χ1v) is 10.9. The molecule has 0 amide bonds. The lowest BCUT2D eigenvalue weighted by Gasteiger charge is -2.58. The first-order valence-electron chi connectivity index (χ1n) is 10.9. The van der Waals surface area contributed by atoms with Gasteiger partial charge in [0.1, 0.15) is 0 Å². The highest BCUT2D eigenvalue weighted by Crippen LogP contribution is 2.68. The number of hydrogen-bond acceptors (Lipinski definition) is 3. The zero-order valence-electron chi connectivity index (χ0n) is 16.7. The molecule has 4 unspecified atom stereocenters. The van der Waals surface area contributed by atoms with Crippen molar-refractivity contribution < 1.29 is 14.3 Å². The molecule has 5 aliphatic rings. The van der Waals surface area contributed by atoms with E-state index in [2.05, 4.69) is 20.8 Å². The SMILES string of the molecule is CC1(C2CCC3C4CCC5=CC(=O)CC[C@]5(C)C4CC[C@@]32C)OCCO1. The Morgan fingerprint density at radius 3 is 2.46 bits per heavy atom. The van der Waals surface area contributed by atoms with Gasteiger partial charge in [0, 0.05) is 12.3 Å². The maximum atomic E-state index is 12.0. The van der Waals surface area contributed by atoms with Crippen LogP contribution in [0.15, 0.2) is 11.6 Å². The Morgan fingerprint density at radius 2 is 1.69 bits per heavy atom. The summed E-state index contributed by atoms with van der Waals surface area (Å²) in [7, 11) is 0. The predicted octanol–water partition coefficient (Wildman–Crippen LogP) is 4.90. The van der Waals surface area contributed by atoms with Crippen LogP contribution in [0.2, 0.25) is 0 Å². The van der Waals surface area contributed by atoms with Crippen molar-refractivity contribution in [3.63, 3.8) is 0 Å². The Hall–Kier alpha value is -0.670. The Balaban J connectivity index is 1.45. The Morgan fingerprint density at radius 1 is 0.923 bits per heavy atom. The summed E-state index contributed by atoms with van der Waals surface area (Å²) in [6.45, 7) is 8.71. The van der Waals surface area contributed by atoms with Gasteiger partial charge in [-0.1, -0.05) is 19.4 Å². The zero-order valence-corrected chi connectivity index (χ0v) is 16.7. The fourth-order valence-corrected chi connectivity index (χ4v) is 8.15. The van der Waals surface area contributed by atoms with Crippen molar-refractivity contribution in [2.24, 2.45) is 34.5 Å². The summed E-state index contributed by atoms with van der Waals surface area (Å²) in [5, 5.41) is 0. The van der Waals surface area contributed by atoms with Crippen LogP contribution in [-0.4, -0.2) is 24.8 Å². The van der Waals surface area contributed by atoms with Crippen molar-refractivity contribution in [1.82, 2.24) is 0 Å². The monoisotopic (exact) mass is 358 g/mol. The number of ether oxygens (including phenoxy) is 2. The molecule has 6 atom stereocenters. The summed E-state index contributed by atoms with van der Waals surface area (Å²) in [6, 6.07) is 0. The van der Waals surface area contributed by atoms with E-state index in [1.54, 1.807) is 0 Å². The van der Waals surface area contributed by atoms with E-state index in [-0.39, 0.29) is 11.2 Å². The number of allylic oxidation sites excluding steroid dienone is 1. The van der Waals surface area contributed by atoms with Crippen molar-refractivity contribution in [3.8, 4) is 0 Å². The smallest absolute Gasteiger partial charge is 0.169 e. The first kappa shape index (κ1) is 17.4. The molecule has 1 aliphatic heterocycles. The second-order valence-electron chi connectivity index (χ2n) is 10.4. The van der Waals surface area contributed by atoms with E-state index in [0.717, 1.165) is 50.2 Å². The molecule has 4 fully saturated rings. The van der Waals surface area contributed by atoms with Crippen molar-refractivity contribution in [3.05, 3.63) is 11.6 Å². The van der Waals surface area contributed by atoms with Crippen LogP contribution in [0.25, 0.3) is 0 Å². The summed E-state index contributed by atoms with van der Waals surface area (Å²) in [4.78, 5) is 12.0. The second kappa shape index (κ2) is 5.67. The lowest BCUT2D eigenvalue weighted by atomic mass is 9.46. The van der Waals surface area contributed by atoms with Gasteiger partial charge >= 0.3 is 0 Å². The van der Waals surface area contributed by atoms with E-state index in [1.165, 1.54) is 37.7 Å². The average molecular weight is 359 g/mol. The van der Waals surface area contributed by atoms with Crippen molar-refractivity contribution >= 4 is 5.78 Å². The number of fused-ring (bicyclic) bond motifs is 5. The second-order valence-corrected chi connectivity index (χ2v) is 10.4. The van der Waals surface area contributed by atoms with Gasteiger partial charge in [-0.3, -0.25) is 4.79 Å². The third kappa shape index (κ3) is 2.22.